The molecule has 1 saturated heterocycles. The first-order chi connectivity index (χ1) is 8.51. The number of benzene rings is 1. The van der Waals surface area contributed by atoms with Crippen molar-refractivity contribution in [2.24, 2.45) is 5.41 Å². The smallest absolute Gasteiger partial charge is 0.123 e. The van der Waals surface area contributed by atoms with Gasteiger partial charge in [0.25, 0.3) is 0 Å². The van der Waals surface area contributed by atoms with E-state index in [9.17, 15) is 4.39 Å². The van der Waals surface area contributed by atoms with Crippen molar-refractivity contribution < 1.29 is 9.13 Å². The van der Waals surface area contributed by atoms with Crippen LogP contribution in [0.4, 0.5) is 4.39 Å². The molecule has 1 aromatic carbocycles. The maximum atomic E-state index is 13.0. The van der Waals surface area contributed by atoms with Gasteiger partial charge in [-0.3, -0.25) is 0 Å². The maximum absolute atomic E-state index is 13.0. The second-order valence-corrected chi connectivity index (χ2v) is 6.37. The first-order valence-corrected chi connectivity index (χ1v) is 6.64. The van der Waals surface area contributed by atoms with Crippen molar-refractivity contribution in [2.75, 3.05) is 13.2 Å². The molecule has 3 rings (SSSR count). The molecule has 1 aliphatic heterocycles. The van der Waals surface area contributed by atoms with Gasteiger partial charge in [-0.25, -0.2) is 4.39 Å². The Bertz CT molecular complexity index is 432. The molecule has 18 heavy (non-hydrogen) atoms. The molecule has 1 aromatic rings. The summed E-state index contributed by atoms with van der Waals surface area (Å²) in [4.78, 5) is 0. The van der Waals surface area contributed by atoms with E-state index in [-0.39, 0.29) is 17.5 Å². The Balaban J connectivity index is 1.87. The average Bonchev–Trinajstić information content (AvgIpc) is 2.29. The van der Waals surface area contributed by atoms with Gasteiger partial charge in [0.2, 0.25) is 0 Å². The fraction of sp³-hybridized carbons (Fsp3) is 0.600. The van der Waals surface area contributed by atoms with Crippen LogP contribution < -0.4 is 5.32 Å². The highest BCUT2D eigenvalue weighted by Crippen LogP contribution is 2.56. The molecule has 0 aromatic heterocycles. The lowest BCUT2D eigenvalue weighted by atomic mass is 9.57. The predicted molar refractivity (Wildman–Crippen MR) is 68.8 cm³/mol. The van der Waals surface area contributed by atoms with Crippen LogP contribution in [0, 0.1) is 11.2 Å². The molecule has 1 atom stereocenters. The molecular formula is C15H20FNO. The average molecular weight is 249 g/mol. The Morgan fingerprint density at radius 3 is 2.50 bits per heavy atom. The first-order valence-electron chi connectivity index (χ1n) is 6.64. The molecule has 1 N–H and O–H groups in total. The summed E-state index contributed by atoms with van der Waals surface area (Å²) in [5.74, 6) is -0.182. The second-order valence-electron chi connectivity index (χ2n) is 6.37. The van der Waals surface area contributed by atoms with Crippen molar-refractivity contribution in [2.45, 2.75) is 38.3 Å². The Morgan fingerprint density at radius 2 is 1.89 bits per heavy atom. The zero-order valence-electron chi connectivity index (χ0n) is 11.0. The predicted octanol–water partition coefficient (Wildman–Crippen LogP) is 3.05. The first kappa shape index (κ1) is 12.1. The highest BCUT2D eigenvalue weighted by molar-refractivity contribution is 5.26. The molecule has 0 bridgehead atoms. The van der Waals surface area contributed by atoms with Crippen molar-refractivity contribution in [3.05, 3.63) is 35.6 Å². The third kappa shape index (κ3) is 1.95. The number of hydrogen-bond acceptors (Lipinski definition) is 2. The fourth-order valence-electron chi connectivity index (χ4n) is 3.68. The zero-order valence-corrected chi connectivity index (χ0v) is 11.0. The number of rotatable bonds is 1. The molecule has 3 heteroatoms. The molecule has 2 nitrogen and oxygen atoms in total. The summed E-state index contributed by atoms with van der Waals surface area (Å²) in [6, 6.07) is 7.00. The number of hydrogen-bond donors (Lipinski definition) is 1. The number of morpholine rings is 1. The van der Waals surface area contributed by atoms with Crippen LogP contribution in [-0.2, 0) is 4.74 Å². The largest absolute Gasteiger partial charge is 0.372 e. The summed E-state index contributed by atoms with van der Waals surface area (Å²) in [6.45, 7) is 6.19. The van der Waals surface area contributed by atoms with Crippen LogP contribution >= 0.6 is 0 Å². The van der Waals surface area contributed by atoms with Gasteiger partial charge in [0, 0.05) is 6.54 Å². The van der Waals surface area contributed by atoms with E-state index in [1.165, 1.54) is 12.1 Å². The van der Waals surface area contributed by atoms with Crippen LogP contribution in [0.25, 0.3) is 0 Å². The standard InChI is InChI=1S/C15H20FNO/c1-14(2)9-15(10-14)13(17-7-8-18-15)11-3-5-12(16)6-4-11/h3-6,13,17H,7-10H2,1-2H3. The lowest BCUT2D eigenvalue weighted by molar-refractivity contribution is -0.195. The second kappa shape index (κ2) is 4.04. The molecule has 0 amide bonds. The molecule has 0 radical (unpaired) electrons. The van der Waals surface area contributed by atoms with E-state index in [0.29, 0.717) is 5.41 Å². The molecule has 1 saturated carbocycles. The van der Waals surface area contributed by atoms with Crippen molar-refractivity contribution in [1.29, 1.82) is 0 Å². The van der Waals surface area contributed by atoms with Gasteiger partial charge in [-0.2, -0.15) is 0 Å². The third-order valence-corrected chi connectivity index (χ3v) is 4.13. The summed E-state index contributed by atoms with van der Waals surface area (Å²) in [7, 11) is 0. The zero-order chi connectivity index (χ0) is 12.8. The van der Waals surface area contributed by atoms with E-state index in [1.54, 1.807) is 0 Å². The SMILES string of the molecule is CC1(C)CC2(C1)OCCNC2c1ccc(F)cc1. The van der Waals surface area contributed by atoms with Gasteiger partial charge in [-0.05, 0) is 36.0 Å². The molecular weight excluding hydrogens is 229 g/mol. The van der Waals surface area contributed by atoms with Gasteiger partial charge in [0.15, 0.2) is 0 Å². The lowest BCUT2D eigenvalue weighted by Gasteiger charge is -2.58. The molecule has 1 heterocycles. The molecule has 98 valence electrons. The number of nitrogens with one attached hydrogen (secondary N) is 1. The van der Waals surface area contributed by atoms with Gasteiger partial charge < -0.3 is 10.1 Å². The number of halogens is 1. The quantitative estimate of drug-likeness (QED) is 0.826. The van der Waals surface area contributed by atoms with Crippen molar-refractivity contribution in [1.82, 2.24) is 5.32 Å². The molecule has 1 aliphatic carbocycles. The molecule has 2 aliphatic rings. The minimum absolute atomic E-state index is 0.0838. The van der Waals surface area contributed by atoms with Gasteiger partial charge in [0.05, 0.1) is 18.2 Å². The Hall–Kier alpha value is -0.930. The van der Waals surface area contributed by atoms with Crippen molar-refractivity contribution >= 4 is 0 Å². The van der Waals surface area contributed by atoms with Gasteiger partial charge in [0.1, 0.15) is 5.82 Å². The van der Waals surface area contributed by atoms with Crippen LogP contribution in [0.2, 0.25) is 0 Å². The van der Waals surface area contributed by atoms with Gasteiger partial charge in [-0.1, -0.05) is 26.0 Å². The van der Waals surface area contributed by atoms with E-state index in [0.717, 1.165) is 31.6 Å². The lowest BCUT2D eigenvalue weighted by Crippen LogP contribution is -2.61. The highest BCUT2D eigenvalue weighted by atomic mass is 19.1. The minimum atomic E-state index is -0.182. The topological polar surface area (TPSA) is 21.3 Å². The normalized spacial score (nSPS) is 28.9. The van der Waals surface area contributed by atoms with Crippen LogP contribution in [0.3, 0.4) is 0 Å². The van der Waals surface area contributed by atoms with Gasteiger partial charge in [-0.15, -0.1) is 0 Å². The van der Waals surface area contributed by atoms with Gasteiger partial charge >= 0.3 is 0 Å². The maximum Gasteiger partial charge on any atom is 0.123 e. The van der Waals surface area contributed by atoms with E-state index in [2.05, 4.69) is 19.2 Å². The van der Waals surface area contributed by atoms with Crippen LogP contribution in [0.5, 0.6) is 0 Å². The summed E-state index contributed by atoms with van der Waals surface area (Å²) < 4.78 is 19.1. The van der Waals surface area contributed by atoms with Crippen LogP contribution in [0.15, 0.2) is 24.3 Å². The van der Waals surface area contributed by atoms with Crippen LogP contribution in [-0.4, -0.2) is 18.8 Å². The Kier molecular flexibility index (Phi) is 2.72. The third-order valence-electron chi connectivity index (χ3n) is 4.13. The number of ether oxygens (including phenoxy) is 1. The molecule has 1 unspecified atom stereocenters. The summed E-state index contributed by atoms with van der Waals surface area (Å²) >= 11 is 0. The van der Waals surface area contributed by atoms with Crippen LogP contribution in [0.1, 0.15) is 38.3 Å². The highest BCUT2D eigenvalue weighted by Gasteiger charge is 2.56. The molecule has 2 fully saturated rings. The Morgan fingerprint density at radius 1 is 1.22 bits per heavy atom. The summed E-state index contributed by atoms with van der Waals surface area (Å²) in [5, 5.41) is 3.54. The molecule has 1 spiro atoms. The van der Waals surface area contributed by atoms with E-state index in [4.69, 9.17) is 4.74 Å². The van der Waals surface area contributed by atoms with Crippen molar-refractivity contribution in [3.8, 4) is 0 Å². The Labute approximate surface area is 108 Å². The van der Waals surface area contributed by atoms with Crippen molar-refractivity contribution in [3.63, 3.8) is 0 Å². The minimum Gasteiger partial charge on any atom is -0.372 e. The van der Waals surface area contributed by atoms with E-state index < -0.39 is 0 Å². The van der Waals surface area contributed by atoms with E-state index in [1.807, 2.05) is 12.1 Å². The summed E-state index contributed by atoms with van der Waals surface area (Å²) in [5.41, 5.74) is 1.41. The monoisotopic (exact) mass is 249 g/mol. The van der Waals surface area contributed by atoms with E-state index >= 15 is 0 Å². The summed E-state index contributed by atoms with van der Waals surface area (Å²) in [6.07, 6.45) is 2.13. The fourth-order valence-corrected chi connectivity index (χ4v) is 3.68.